The smallest absolute Gasteiger partial charge is 0.285 e. The van der Waals surface area contributed by atoms with Crippen molar-refractivity contribution in [3.8, 4) is 0 Å². The van der Waals surface area contributed by atoms with E-state index in [1.54, 1.807) is 0 Å². The van der Waals surface area contributed by atoms with Crippen LogP contribution in [0.3, 0.4) is 0 Å². The fourth-order valence-corrected chi connectivity index (χ4v) is 2.93. The average Bonchev–Trinajstić information content (AvgIpc) is 2.18. The first-order chi connectivity index (χ1) is 8.40. The molecule has 0 amide bonds. The zero-order valence-corrected chi connectivity index (χ0v) is 9.35. The molecule has 1 N–H and O–H groups in total. The van der Waals surface area contributed by atoms with Gasteiger partial charge in [-0.3, -0.25) is 4.55 Å². The monoisotopic (exact) mass is 344 g/mol. The highest BCUT2D eigenvalue weighted by Gasteiger charge is 3.01. The van der Waals surface area contributed by atoms with Gasteiger partial charge >= 0.3 is 23.9 Å². The lowest BCUT2D eigenvalue weighted by molar-refractivity contribution is -0.295. The maximum Gasteiger partial charge on any atom is 0.419 e. The van der Waals surface area contributed by atoms with Crippen molar-refractivity contribution in [1.82, 2.24) is 0 Å². The first-order valence-electron chi connectivity index (χ1n) is 4.22. The van der Waals surface area contributed by atoms with Gasteiger partial charge in [-0.1, -0.05) is 0 Å². The molecule has 1 saturated carbocycles. The quantitative estimate of drug-likeness (QED) is 0.587. The molecule has 0 heterocycles. The zero-order valence-electron chi connectivity index (χ0n) is 8.53. The van der Waals surface area contributed by atoms with E-state index in [1.165, 1.54) is 0 Å². The van der Waals surface area contributed by atoms with Gasteiger partial charge in [0.2, 0.25) is 6.17 Å². The van der Waals surface area contributed by atoms with E-state index in [-0.39, 0.29) is 0 Å². The van der Waals surface area contributed by atoms with E-state index in [0.29, 0.717) is 0 Å². The zero-order chi connectivity index (χ0) is 16.6. The largest absolute Gasteiger partial charge is 0.419 e. The van der Waals surface area contributed by atoms with E-state index < -0.39 is 45.0 Å². The highest BCUT2D eigenvalue weighted by Crippen LogP contribution is 2.68. The van der Waals surface area contributed by atoms with Crippen LogP contribution in [0.25, 0.3) is 0 Å². The third-order valence-electron chi connectivity index (χ3n) is 2.78. The van der Waals surface area contributed by atoms with Gasteiger partial charge in [0.25, 0.3) is 14.9 Å². The summed E-state index contributed by atoms with van der Waals surface area (Å²) in [5.74, 6) is -20.8. The summed E-state index contributed by atoms with van der Waals surface area (Å²) in [6.07, 6.45) is -12.8. The van der Waals surface area contributed by atoms with E-state index in [2.05, 4.69) is 0 Å². The summed E-state index contributed by atoms with van der Waals surface area (Å²) in [4.78, 5) is 0. The molecule has 0 spiro atoms. The molecule has 1 aliphatic rings. The van der Waals surface area contributed by atoms with Crippen LogP contribution in [0, 0.1) is 0 Å². The normalized spacial score (nSPS) is 36.0. The Morgan fingerprint density at radius 3 is 1.35 bits per heavy atom. The topological polar surface area (TPSA) is 54.4 Å². The van der Waals surface area contributed by atoms with Crippen LogP contribution in [0.15, 0.2) is 0 Å². The van der Waals surface area contributed by atoms with Crippen molar-refractivity contribution in [2.45, 2.75) is 34.9 Å². The molecule has 0 bridgehead atoms. The lowest BCUT2D eigenvalue weighted by Crippen LogP contribution is -2.67. The Bertz CT molecular complexity index is 522. The van der Waals surface area contributed by atoms with Gasteiger partial charge in [0, 0.05) is 0 Å². The van der Waals surface area contributed by atoms with Crippen molar-refractivity contribution >= 4 is 10.1 Å². The molecule has 3 nitrogen and oxygen atoms in total. The lowest BCUT2D eigenvalue weighted by Gasteiger charge is -2.34. The predicted octanol–water partition coefficient (Wildman–Crippen LogP) is 2.43. The summed E-state index contributed by atoms with van der Waals surface area (Å²) in [6, 6.07) is 0. The number of halogens is 10. The third kappa shape index (κ3) is 1.43. The molecule has 0 radical (unpaired) electrons. The summed E-state index contributed by atoms with van der Waals surface area (Å²) in [6.45, 7) is 0. The van der Waals surface area contributed by atoms with Crippen LogP contribution in [-0.2, 0) is 10.1 Å². The molecule has 2 unspecified atom stereocenters. The van der Waals surface area contributed by atoms with Crippen molar-refractivity contribution in [2.75, 3.05) is 0 Å². The maximum absolute atomic E-state index is 13.1. The molecule has 0 saturated heterocycles. The highest BCUT2D eigenvalue weighted by molar-refractivity contribution is 7.87. The summed E-state index contributed by atoms with van der Waals surface area (Å²) in [5, 5.41) is 0. The van der Waals surface area contributed by atoms with Gasteiger partial charge < -0.3 is 0 Å². The van der Waals surface area contributed by atoms with Crippen LogP contribution >= 0.6 is 0 Å². The van der Waals surface area contributed by atoms with E-state index in [1.807, 2.05) is 0 Å². The number of hydrogen-bond acceptors (Lipinski definition) is 2. The summed E-state index contributed by atoms with van der Waals surface area (Å²) >= 11 is 0. The van der Waals surface area contributed by atoms with Crippen molar-refractivity contribution in [3.05, 3.63) is 0 Å². The molecule has 0 aromatic rings. The molecule has 1 rings (SSSR count). The Kier molecular flexibility index (Phi) is 3.19. The van der Waals surface area contributed by atoms with Crippen LogP contribution in [0.5, 0.6) is 0 Å². The number of alkyl halides is 10. The standard InChI is InChI=1S/C6H2F10O3S/c7-1-2(6(14,15)16,20(17,18)19)4(10,11)5(12,13)3(1,8)9/h1H,(H,17,18,19). The minimum atomic E-state index is -7.43. The van der Waals surface area contributed by atoms with Gasteiger partial charge in [-0.25, -0.2) is 4.39 Å². The maximum atomic E-state index is 13.1. The summed E-state index contributed by atoms with van der Waals surface area (Å²) in [7, 11) is -7.43. The molecular formula is C6H2F10O3S. The van der Waals surface area contributed by atoms with E-state index in [0.717, 1.165) is 0 Å². The van der Waals surface area contributed by atoms with Gasteiger partial charge in [-0.05, 0) is 0 Å². The fraction of sp³-hybridized carbons (Fsp3) is 1.00. The molecule has 1 aliphatic carbocycles. The molecule has 20 heavy (non-hydrogen) atoms. The van der Waals surface area contributed by atoms with Gasteiger partial charge in [-0.2, -0.15) is 47.9 Å². The molecule has 120 valence electrons. The Morgan fingerprint density at radius 1 is 0.900 bits per heavy atom. The first-order valence-corrected chi connectivity index (χ1v) is 5.66. The molecular weight excluding hydrogens is 342 g/mol. The second kappa shape index (κ2) is 3.69. The van der Waals surface area contributed by atoms with E-state index in [9.17, 15) is 52.3 Å². The van der Waals surface area contributed by atoms with Crippen molar-refractivity contribution in [1.29, 1.82) is 0 Å². The fourth-order valence-electron chi connectivity index (χ4n) is 1.78. The Labute approximate surface area is 103 Å². The Morgan fingerprint density at radius 2 is 1.25 bits per heavy atom. The summed E-state index contributed by atoms with van der Waals surface area (Å²) in [5.41, 5.74) is 0. The molecule has 1 fully saturated rings. The first kappa shape index (κ1) is 17.3. The highest BCUT2D eigenvalue weighted by atomic mass is 32.2. The SMILES string of the molecule is O=S(=O)(O)C1(C(F)(F)F)C(F)C(F)(F)C(F)(F)C1(F)F. The van der Waals surface area contributed by atoms with Crippen LogP contribution in [-0.4, -0.2) is 47.8 Å². The van der Waals surface area contributed by atoms with Crippen molar-refractivity contribution in [3.63, 3.8) is 0 Å². The van der Waals surface area contributed by atoms with Crippen LogP contribution in [0.4, 0.5) is 43.9 Å². The van der Waals surface area contributed by atoms with Gasteiger partial charge in [0.15, 0.2) is 0 Å². The van der Waals surface area contributed by atoms with Crippen molar-refractivity contribution < 1.29 is 56.9 Å². The molecule has 2 atom stereocenters. The second-order valence-electron chi connectivity index (χ2n) is 3.84. The lowest BCUT2D eigenvalue weighted by atomic mass is 10.0. The van der Waals surface area contributed by atoms with Crippen LogP contribution in [0.1, 0.15) is 0 Å². The third-order valence-corrected chi connectivity index (χ3v) is 4.29. The molecule has 0 aromatic carbocycles. The summed E-state index contributed by atoms with van der Waals surface area (Å²) < 4.78 is 150. The minimum Gasteiger partial charge on any atom is -0.285 e. The molecule has 14 heteroatoms. The van der Waals surface area contributed by atoms with E-state index in [4.69, 9.17) is 4.55 Å². The average molecular weight is 344 g/mol. The Hall–Kier alpha value is -0.790. The van der Waals surface area contributed by atoms with E-state index >= 15 is 0 Å². The molecule has 0 aliphatic heterocycles. The van der Waals surface area contributed by atoms with Gasteiger partial charge in [0.1, 0.15) is 0 Å². The van der Waals surface area contributed by atoms with Crippen molar-refractivity contribution in [2.24, 2.45) is 0 Å². The second-order valence-corrected chi connectivity index (χ2v) is 5.44. The van der Waals surface area contributed by atoms with Crippen LogP contribution in [0.2, 0.25) is 0 Å². The minimum absolute atomic E-state index is 5.62. The predicted molar refractivity (Wildman–Crippen MR) is 40.1 cm³/mol. The number of hydrogen-bond donors (Lipinski definition) is 1. The molecule has 0 aromatic heterocycles. The Balaban J connectivity index is 3.98. The van der Waals surface area contributed by atoms with Gasteiger partial charge in [-0.15, -0.1) is 0 Å². The van der Waals surface area contributed by atoms with Gasteiger partial charge in [0.05, 0.1) is 0 Å². The number of rotatable bonds is 1. The van der Waals surface area contributed by atoms with Crippen LogP contribution < -0.4 is 0 Å².